The standard InChI is InChI=1S/C15H13IO2/c1-10-8-13(9-11(2)14(10)16)18-15(17)12-6-4-3-5-7-12/h3-9H,1-2H3. The van der Waals surface area contributed by atoms with E-state index in [9.17, 15) is 4.79 Å². The monoisotopic (exact) mass is 352 g/mol. The van der Waals surface area contributed by atoms with Crippen molar-refractivity contribution in [2.24, 2.45) is 0 Å². The molecule has 0 aliphatic heterocycles. The third-order valence-electron chi connectivity index (χ3n) is 2.63. The van der Waals surface area contributed by atoms with Crippen molar-refractivity contribution in [1.29, 1.82) is 0 Å². The topological polar surface area (TPSA) is 26.3 Å². The average molecular weight is 352 g/mol. The molecule has 2 rings (SSSR count). The number of rotatable bonds is 2. The fraction of sp³-hybridized carbons (Fsp3) is 0.133. The third kappa shape index (κ3) is 2.90. The van der Waals surface area contributed by atoms with E-state index < -0.39 is 0 Å². The van der Waals surface area contributed by atoms with Gasteiger partial charge in [-0.05, 0) is 71.8 Å². The highest BCUT2D eigenvalue weighted by Gasteiger charge is 2.09. The molecule has 0 aliphatic carbocycles. The van der Waals surface area contributed by atoms with Crippen LogP contribution < -0.4 is 4.74 Å². The fourth-order valence-electron chi connectivity index (χ4n) is 1.71. The van der Waals surface area contributed by atoms with Crippen molar-refractivity contribution in [1.82, 2.24) is 0 Å². The molecule has 0 saturated carbocycles. The molecule has 0 radical (unpaired) electrons. The van der Waals surface area contributed by atoms with Crippen LogP contribution in [0.3, 0.4) is 0 Å². The maximum Gasteiger partial charge on any atom is 0.343 e. The van der Waals surface area contributed by atoms with Gasteiger partial charge in [0, 0.05) is 3.57 Å². The van der Waals surface area contributed by atoms with E-state index in [1.54, 1.807) is 12.1 Å². The second-order valence-corrected chi connectivity index (χ2v) is 5.21. The molecular weight excluding hydrogens is 339 g/mol. The smallest absolute Gasteiger partial charge is 0.343 e. The molecule has 0 aliphatic rings. The number of benzene rings is 2. The first-order valence-electron chi connectivity index (χ1n) is 5.62. The van der Waals surface area contributed by atoms with Gasteiger partial charge in [-0.3, -0.25) is 0 Å². The molecule has 18 heavy (non-hydrogen) atoms. The molecule has 2 aromatic rings. The van der Waals surface area contributed by atoms with Gasteiger partial charge in [-0.1, -0.05) is 18.2 Å². The van der Waals surface area contributed by atoms with E-state index in [2.05, 4.69) is 22.6 Å². The lowest BCUT2D eigenvalue weighted by Crippen LogP contribution is -2.08. The molecule has 0 spiro atoms. The lowest BCUT2D eigenvalue weighted by Gasteiger charge is -2.08. The Labute approximate surface area is 120 Å². The van der Waals surface area contributed by atoms with Crippen molar-refractivity contribution in [3.8, 4) is 5.75 Å². The Morgan fingerprint density at radius 1 is 1.06 bits per heavy atom. The van der Waals surface area contributed by atoms with Crippen LogP contribution in [0.2, 0.25) is 0 Å². The summed E-state index contributed by atoms with van der Waals surface area (Å²) in [5.41, 5.74) is 2.80. The van der Waals surface area contributed by atoms with Crippen LogP contribution in [-0.4, -0.2) is 5.97 Å². The molecule has 2 nitrogen and oxygen atoms in total. The molecule has 0 aromatic heterocycles. The molecule has 92 valence electrons. The van der Waals surface area contributed by atoms with Crippen LogP contribution in [0, 0.1) is 17.4 Å². The maximum atomic E-state index is 11.9. The van der Waals surface area contributed by atoms with E-state index in [1.807, 2.05) is 44.2 Å². The second kappa shape index (κ2) is 5.52. The minimum Gasteiger partial charge on any atom is -0.423 e. The normalized spacial score (nSPS) is 10.2. The Kier molecular flexibility index (Phi) is 4.01. The molecule has 0 bridgehead atoms. The van der Waals surface area contributed by atoms with Crippen LogP contribution in [0.15, 0.2) is 42.5 Å². The third-order valence-corrected chi connectivity index (χ3v) is 4.33. The summed E-state index contributed by atoms with van der Waals surface area (Å²) in [5, 5.41) is 0. The summed E-state index contributed by atoms with van der Waals surface area (Å²) in [5.74, 6) is 0.273. The SMILES string of the molecule is Cc1cc(OC(=O)c2ccccc2)cc(C)c1I. The summed E-state index contributed by atoms with van der Waals surface area (Å²) in [6.45, 7) is 4.02. The first-order chi connectivity index (χ1) is 8.58. The predicted octanol–water partition coefficient (Wildman–Crippen LogP) is 4.13. The summed E-state index contributed by atoms with van der Waals surface area (Å²) in [4.78, 5) is 11.9. The summed E-state index contributed by atoms with van der Waals surface area (Å²) in [6, 6.07) is 12.8. The van der Waals surface area contributed by atoms with E-state index in [1.165, 1.54) is 3.57 Å². The van der Waals surface area contributed by atoms with E-state index in [4.69, 9.17) is 4.74 Å². The molecule has 2 aromatic carbocycles. The Morgan fingerprint density at radius 2 is 1.61 bits per heavy atom. The van der Waals surface area contributed by atoms with Crippen LogP contribution in [0.25, 0.3) is 0 Å². The van der Waals surface area contributed by atoms with E-state index in [0.29, 0.717) is 11.3 Å². The zero-order valence-electron chi connectivity index (χ0n) is 10.2. The van der Waals surface area contributed by atoms with Crippen molar-refractivity contribution >= 4 is 28.6 Å². The second-order valence-electron chi connectivity index (χ2n) is 4.13. The summed E-state index contributed by atoms with van der Waals surface area (Å²) < 4.78 is 6.58. The lowest BCUT2D eigenvalue weighted by molar-refractivity contribution is 0.0734. The number of carbonyl (C=O) groups excluding carboxylic acids is 1. The van der Waals surface area contributed by atoms with Crippen molar-refractivity contribution in [2.45, 2.75) is 13.8 Å². The van der Waals surface area contributed by atoms with Gasteiger partial charge < -0.3 is 4.74 Å². The predicted molar refractivity (Wildman–Crippen MR) is 80.0 cm³/mol. The minimum absolute atomic E-state index is 0.324. The number of ether oxygens (including phenoxy) is 1. The number of hydrogen-bond donors (Lipinski definition) is 0. The maximum absolute atomic E-state index is 11.9. The highest BCUT2D eigenvalue weighted by atomic mass is 127. The zero-order chi connectivity index (χ0) is 13.1. The average Bonchev–Trinajstić information content (AvgIpc) is 2.37. The summed E-state index contributed by atoms with van der Waals surface area (Å²) in [6.07, 6.45) is 0. The molecule has 0 unspecified atom stereocenters. The molecule has 0 atom stereocenters. The number of carbonyl (C=O) groups is 1. The van der Waals surface area contributed by atoms with Gasteiger partial charge in [0.1, 0.15) is 5.75 Å². The van der Waals surface area contributed by atoms with Crippen LogP contribution in [0.1, 0.15) is 21.5 Å². The Hall–Kier alpha value is -1.36. The molecule has 0 saturated heterocycles. The number of aryl methyl sites for hydroxylation is 2. The highest BCUT2D eigenvalue weighted by molar-refractivity contribution is 14.1. The number of hydrogen-bond acceptors (Lipinski definition) is 2. The molecular formula is C15H13IO2. The molecule has 0 heterocycles. The van der Waals surface area contributed by atoms with E-state index in [-0.39, 0.29) is 5.97 Å². The first kappa shape index (κ1) is 13.1. The van der Waals surface area contributed by atoms with Crippen molar-refractivity contribution in [3.63, 3.8) is 0 Å². The lowest BCUT2D eigenvalue weighted by atomic mass is 10.1. The Bertz CT molecular complexity index is 553. The first-order valence-corrected chi connectivity index (χ1v) is 6.70. The molecule has 0 amide bonds. The van der Waals surface area contributed by atoms with Gasteiger partial charge in [0.2, 0.25) is 0 Å². The van der Waals surface area contributed by atoms with Gasteiger partial charge in [0.05, 0.1) is 5.56 Å². The quantitative estimate of drug-likeness (QED) is 0.462. The van der Waals surface area contributed by atoms with Crippen molar-refractivity contribution < 1.29 is 9.53 Å². The van der Waals surface area contributed by atoms with Crippen LogP contribution in [0.4, 0.5) is 0 Å². The molecule has 3 heteroatoms. The van der Waals surface area contributed by atoms with Gasteiger partial charge in [-0.2, -0.15) is 0 Å². The van der Waals surface area contributed by atoms with E-state index in [0.717, 1.165) is 11.1 Å². The van der Waals surface area contributed by atoms with Gasteiger partial charge >= 0.3 is 5.97 Å². The summed E-state index contributed by atoms with van der Waals surface area (Å²) >= 11 is 2.29. The van der Waals surface area contributed by atoms with Crippen LogP contribution >= 0.6 is 22.6 Å². The van der Waals surface area contributed by atoms with Gasteiger partial charge in [0.15, 0.2) is 0 Å². The van der Waals surface area contributed by atoms with Crippen LogP contribution in [-0.2, 0) is 0 Å². The Balaban J connectivity index is 2.23. The minimum atomic E-state index is -0.324. The molecule has 0 N–H and O–H groups in total. The number of esters is 1. The van der Waals surface area contributed by atoms with Gasteiger partial charge in [0.25, 0.3) is 0 Å². The highest BCUT2D eigenvalue weighted by Crippen LogP contribution is 2.23. The number of halogens is 1. The van der Waals surface area contributed by atoms with Gasteiger partial charge in [-0.25, -0.2) is 4.79 Å². The molecule has 0 fully saturated rings. The van der Waals surface area contributed by atoms with Gasteiger partial charge in [-0.15, -0.1) is 0 Å². The van der Waals surface area contributed by atoms with Crippen molar-refractivity contribution in [3.05, 3.63) is 62.7 Å². The zero-order valence-corrected chi connectivity index (χ0v) is 12.4. The Morgan fingerprint density at radius 3 is 2.17 bits per heavy atom. The summed E-state index contributed by atoms with van der Waals surface area (Å²) in [7, 11) is 0. The van der Waals surface area contributed by atoms with Crippen LogP contribution in [0.5, 0.6) is 5.75 Å². The van der Waals surface area contributed by atoms with E-state index >= 15 is 0 Å². The fourth-order valence-corrected chi connectivity index (χ4v) is 2.02. The van der Waals surface area contributed by atoms with Crippen molar-refractivity contribution in [2.75, 3.05) is 0 Å². The largest absolute Gasteiger partial charge is 0.423 e.